The Morgan fingerprint density at radius 1 is 1.37 bits per heavy atom. The maximum absolute atomic E-state index is 12.0. The number of carbonyl (C=O) groups excluding carboxylic acids is 1. The first-order chi connectivity index (χ1) is 9.16. The van der Waals surface area contributed by atoms with Gasteiger partial charge in [-0.25, -0.2) is 0 Å². The quantitative estimate of drug-likeness (QED) is 0.838. The maximum Gasteiger partial charge on any atom is 0.254 e. The average molecular weight is 275 g/mol. The molecule has 1 heterocycles. The third-order valence-electron chi connectivity index (χ3n) is 2.80. The molecule has 100 valence electrons. The Bertz CT molecular complexity index is 537. The zero-order valence-corrected chi connectivity index (χ0v) is 11.9. The lowest BCUT2D eigenvalue weighted by Crippen LogP contribution is -2.30. The van der Waals surface area contributed by atoms with Gasteiger partial charge in [0, 0.05) is 12.4 Å². The van der Waals surface area contributed by atoms with Gasteiger partial charge in [0.05, 0.1) is 12.1 Å². The Hall–Kier alpha value is -1.81. The molecule has 0 fully saturated rings. The van der Waals surface area contributed by atoms with E-state index in [1.165, 1.54) is 16.9 Å². The van der Waals surface area contributed by atoms with Gasteiger partial charge in [-0.1, -0.05) is 12.1 Å². The number of likely N-dealkylation sites (N-methyl/N-ethyl adjacent to an activating group) is 1. The van der Waals surface area contributed by atoms with Gasteiger partial charge >= 0.3 is 0 Å². The number of ether oxygens (including phenoxy) is 1. The molecular weight excluding hydrogens is 258 g/mol. The van der Waals surface area contributed by atoms with Crippen molar-refractivity contribution in [3.63, 3.8) is 0 Å². The number of hydrogen-bond donors (Lipinski definition) is 0. The number of thiophene rings is 1. The standard InChI is InChI=1S/C15H17NO2S/c1-12-4-3-5-14(10-12)18-8-7-16(2)15(17)13-6-9-19-11-13/h3-6,9-11H,7-8H2,1-2H3. The van der Waals surface area contributed by atoms with E-state index in [4.69, 9.17) is 4.74 Å². The van der Waals surface area contributed by atoms with Crippen molar-refractivity contribution in [2.45, 2.75) is 6.92 Å². The first kappa shape index (κ1) is 13.6. The van der Waals surface area contributed by atoms with E-state index >= 15 is 0 Å². The van der Waals surface area contributed by atoms with Crippen molar-refractivity contribution in [2.75, 3.05) is 20.2 Å². The van der Waals surface area contributed by atoms with Gasteiger partial charge in [-0.05, 0) is 36.1 Å². The fourth-order valence-corrected chi connectivity index (χ4v) is 2.34. The van der Waals surface area contributed by atoms with E-state index in [2.05, 4.69) is 0 Å². The minimum Gasteiger partial charge on any atom is -0.492 e. The summed E-state index contributed by atoms with van der Waals surface area (Å²) in [5, 5.41) is 3.77. The van der Waals surface area contributed by atoms with Crippen LogP contribution in [0, 0.1) is 6.92 Å². The minimum absolute atomic E-state index is 0.0362. The third-order valence-corrected chi connectivity index (χ3v) is 3.48. The fraction of sp³-hybridized carbons (Fsp3) is 0.267. The van der Waals surface area contributed by atoms with Crippen LogP contribution in [0.3, 0.4) is 0 Å². The SMILES string of the molecule is Cc1cccc(OCCN(C)C(=O)c2ccsc2)c1. The molecule has 0 aliphatic carbocycles. The van der Waals surface area contributed by atoms with Crippen molar-refractivity contribution in [3.05, 3.63) is 52.2 Å². The van der Waals surface area contributed by atoms with Crippen molar-refractivity contribution in [1.29, 1.82) is 0 Å². The van der Waals surface area contributed by atoms with E-state index < -0.39 is 0 Å². The van der Waals surface area contributed by atoms with Gasteiger partial charge in [-0.15, -0.1) is 0 Å². The van der Waals surface area contributed by atoms with Crippen LogP contribution in [0.25, 0.3) is 0 Å². The third kappa shape index (κ3) is 3.83. The van der Waals surface area contributed by atoms with Crippen LogP contribution < -0.4 is 4.74 Å². The molecule has 0 saturated carbocycles. The summed E-state index contributed by atoms with van der Waals surface area (Å²) < 4.78 is 5.63. The monoisotopic (exact) mass is 275 g/mol. The molecule has 0 aliphatic heterocycles. The number of carbonyl (C=O) groups is 1. The van der Waals surface area contributed by atoms with Crippen LogP contribution in [0.4, 0.5) is 0 Å². The Labute approximate surface area is 117 Å². The minimum atomic E-state index is 0.0362. The molecule has 0 atom stereocenters. The summed E-state index contributed by atoms with van der Waals surface area (Å²) in [6.45, 7) is 3.09. The first-order valence-electron chi connectivity index (χ1n) is 6.14. The van der Waals surface area contributed by atoms with Crippen LogP contribution in [0.2, 0.25) is 0 Å². The van der Waals surface area contributed by atoms with E-state index in [0.717, 1.165) is 11.3 Å². The van der Waals surface area contributed by atoms with E-state index in [0.29, 0.717) is 13.2 Å². The van der Waals surface area contributed by atoms with Crippen molar-refractivity contribution in [3.8, 4) is 5.75 Å². The molecular formula is C15H17NO2S. The number of amides is 1. The van der Waals surface area contributed by atoms with E-state index in [9.17, 15) is 4.79 Å². The molecule has 1 aromatic carbocycles. The Kier molecular flexibility index (Phi) is 4.58. The molecule has 0 radical (unpaired) electrons. The lowest BCUT2D eigenvalue weighted by atomic mass is 10.2. The van der Waals surface area contributed by atoms with E-state index in [1.54, 1.807) is 11.9 Å². The van der Waals surface area contributed by atoms with Crippen LogP contribution in [0.1, 0.15) is 15.9 Å². The molecule has 0 aliphatic rings. The molecule has 0 bridgehead atoms. The summed E-state index contributed by atoms with van der Waals surface area (Å²) in [6.07, 6.45) is 0. The van der Waals surface area contributed by atoms with Gasteiger partial charge in [0.2, 0.25) is 0 Å². The van der Waals surface area contributed by atoms with Gasteiger partial charge in [0.25, 0.3) is 5.91 Å². The summed E-state index contributed by atoms with van der Waals surface area (Å²) in [5.41, 5.74) is 1.91. The molecule has 1 amide bonds. The molecule has 19 heavy (non-hydrogen) atoms. The van der Waals surface area contributed by atoms with Crippen LogP contribution in [-0.4, -0.2) is 31.0 Å². The number of benzene rings is 1. The summed E-state index contributed by atoms with van der Waals surface area (Å²) in [4.78, 5) is 13.7. The highest BCUT2D eigenvalue weighted by Gasteiger charge is 2.11. The normalized spacial score (nSPS) is 10.2. The summed E-state index contributed by atoms with van der Waals surface area (Å²) in [6, 6.07) is 9.74. The van der Waals surface area contributed by atoms with Crippen LogP contribution in [-0.2, 0) is 0 Å². The summed E-state index contributed by atoms with van der Waals surface area (Å²) in [5.74, 6) is 0.880. The second kappa shape index (κ2) is 6.38. The number of nitrogens with zero attached hydrogens (tertiary/aromatic N) is 1. The van der Waals surface area contributed by atoms with E-state index in [-0.39, 0.29) is 5.91 Å². The predicted molar refractivity (Wildman–Crippen MR) is 78.0 cm³/mol. The van der Waals surface area contributed by atoms with Gasteiger partial charge in [0.15, 0.2) is 0 Å². The number of aryl methyl sites for hydroxylation is 1. The summed E-state index contributed by atoms with van der Waals surface area (Å²) in [7, 11) is 1.79. The Morgan fingerprint density at radius 2 is 2.21 bits per heavy atom. The zero-order chi connectivity index (χ0) is 13.7. The molecule has 0 spiro atoms. The van der Waals surface area contributed by atoms with Crippen molar-refractivity contribution in [2.24, 2.45) is 0 Å². The molecule has 4 heteroatoms. The predicted octanol–water partition coefficient (Wildman–Crippen LogP) is 3.21. The van der Waals surface area contributed by atoms with Gasteiger partial charge < -0.3 is 9.64 Å². The Morgan fingerprint density at radius 3 is 2.89 bits per heavy atom. The lowest BCUT2D eigenvalue weighted by molar-refractivity contribution is 0.0774. The van der Waals surface area contributed by atoms with Crippen molar-refractivity contribution >= 4 is 17.2 Å². The highest BCUT2D eigenvalue weighted by molar-refractivity contribution is 7.08. The maximum atomic E-state index is 12.0. The van der Waals surface area contributed by atoms with E-state index in [1.807, 2.05) is 48.0 Å². The molecule has 0 N–H and O–H groups in total. The second-order valence-electron chi connectivity index (χ2n) is 4.40. The average Bonchev–Trinajstić information content (AvgIpc) is 2.91. The van der Waals surface area contributed by atoms with Gasteiger partial charge in [-0.3, -0.25) is 4.79 Å². The van der Waals surface area contributed by atoms with Crippen molar-refractivity contribution < 1.29 is 9.53 Å². The highest BCUT2D eigenvalue weighted by Crippen LogP contribution is 2.12. The molecule has 2 rings (SSSR count). The molecule has 0 saturated heterocycles. The molecule has 2 aromatic rings. The Balaban J connectivity index is 1.81. The smallest absolute Gasteiger partial charge is 0.254 e. The van der Waals surface area contributed by atoms with Crippen LogP contribution in [0.15, 0.2) is 41.1 Å². The first-order valence-corrected chi connectivity index (χ1v) is 7.08. The number of rotatable bonds is 5. The molecule has 3 nitrogen and oxygen atoms in total. The highest BCUT2D eigenvalue weighted by atomic mass is 32.1. The van der Waals surface area contributed by atoms with Crippen LogP contribution >= 0.6 is 11.3 Å². The largest absolute Gasteiger partial charge is 0.492 e. The summed E-state index contributed by atoms with van der Waals surface area (Å²) >= 11 is 1.53. The zero-order valence-electron chi connectivity index (χ0n) is 11.1. The van der Waals surface area contributed by atoms with Crippen molar-refractivity contribution in [1.82, 2.24) is 4.90 Å². The molecule has 0 unspecified atom stereocenters. The van der Waals surface area contributed by atoms with Gasteiger partial charge in [0.1, 0.15) is 12.4 Å². The number of hydrogen-bond acceptors (Lipinski definition) is 3. The molecule has 1 aromatic heterocycles. The second-order valence-corrected chi connectivity index (χ2v) is 5.18. The fourth-order valence-electron chi connectivity index (χ4n) is 1.71. The topological polar surface area (TPSA) is 29.5 Å². The lowest BCUT2D eigenvalue weighted by Gasteiger charge is -2.17. The van der Waals surface area contributed by atoms with Gasteiger partial charge in [-0.2, -0.15) is 11.3 Å². The van der Waals surface area contributed by atoms with Crippen LogP contribution in [0.5, 0.6) is 5.75 Å².